The molecule has 4 heteroatoms. The van der Waals surface area contributed by atoms with Crippen molar-refractivity contribution in [2.24, 2.45) is 0 Å². The molecule has 0 amide bonds. The van der Waals surface area contributed by atoms with Gasteiger partial charge in [0.25, 0.3) is 0 Å². The normalized spacial score (nSPS) is 16.4. The van der Waals surface area contributed by atoms with E-state index in [1.165, 1.54) is 101 Å². The summed E-state index contributed by atoms with van der Waals surface area (Å²) in [4.78, 5) is 10.6. The van der Waals surface area contributed by atoms with E-state index in [2.05, 4.69) is 212 Å². The van der Waals surface area contributed by atoms with Crippen LogP contribution in [0.3, 0.4) is 0 Å². The number of benzene rings is 6. The quantitative estimate of drug-likeness (QED) is 0.162. The average molecular weight is 739 g/mol. The van der Waals surface area contributed by atoms with Gasteiger partial charge < -0.3 is 19.6 Å². The van der Waals surface area contributed by atoms with E-state index in [4.69, 9.17) is 0 Å². The summed E-state index contributed by atoms with van der Waals surface area (Å²) in [6.07, 6.45) is -0.371. The molecule has 0 radical (unpaired) electrons. The van der Waals surface area contributed by atoms with Gasteiger partial charge >= 0.3 is 0 Å². The molecule has 6 aromatic rings. The first-order chi connectivity index (χ1) is 26.7. The van der Waals surface area contributed by atoms with Gasteiger partial charge in [0.2, 0.25) is 0 Å². The second-order valence-electron chi connectivity index (χ2n) is 17.2. The number of aryl methyl sites for hydroxylation is 8. The lowest BCUT2D eigenvalue weighted by atomic mass is 9.96. The Bertz CT molecular complexity index is 2440. The summed E-state index contributed by atoms with van der Waals surface area (Å²) in [5.74, 6) is 0.775. The molecule has 8 rings (SSSR count). The molecular weight excluding hydrogens is 681 g/mol. The van der Waals surface area contributed by atoms with E-state index in [0.717, 1.165) is 0 Å². The van der Waals surface area contributed by atoms with Crippen molar-refractivity contribution in [3.8, 4) is 0 Å². The van der Waals surface area contributed by atoms with Crippen LogP contribution in [0.2, 0.25) is 0 Å². The maximum absolute atomic E-state index is 2.66. The maximum atomic E-state index is 2.66. The Morgan fingerprint density at radius 1 is 0.321 bits per heavy atom. The van der Waals surface area contributed by atoms with E-state index in [1.54, 1.807) is 0 Å². The minimum Gasteiger partial charge on any atom is -0.314 e. The van der Waals surface area contributed by atoms with Gasteiger partial charge in [-0.1, -0.05) is 75.2 Å². The summed E-state index contributed by atoms with van der Waals surface area (Å²) in [6, 6.07) is 42.3. The lowest BCUT2D eigenvalue weighted by Crippen LogP contribution is -2.58. The van der Waals surface area contributed by atoms with Crippen molar-refractivity contribution in [2.75, 3.05) is 19.6 Å². The van der Waals surface area contributed by atoms with Gasteiger partial charge in [0.05, 0.1) is 22.7 Å². The monoisotopic (exact) mass is 738 g/mol. The highest BCUT2D eigenvalue weighted by Gasteiger charge is 2.52. The van der Waals surface area contributed by atoms with E-state index in [1.807, 2.05) is 0 Å². The van der Waals surface area contributed by atoms with E-state index < -0.39 is 0 Å². The molecule has 0 bridgehead atoms. The van der Waals surface area contributed by atoms with Crippen LogP contribution in [-0.4, -0.2) is 12.3 Å². The second-order valence-corrected chi connectivity index (χ2v) is 17.2. The highest BCUT2D eigenvalue weighted by Crippen LogP contribution is 2.57. The molecule has 2 aliphatic rings. The lowest BCUT2D eigenvalue weighted by molar-refractivity contribution is 0.549. The minimum atomic E-state index is -0.185. The summed E-state index contributed by atoms with van der Waals surface area (Å²) < 4.78 is 0. The molecule has 4 nitrogen and oxygen atoms in total. The summed E-state index contributed by atoms with van der Waals surface area (Å²) >= 11 is 0. The van der Waals surface area contributed by atoms with Crippen molar-refractivity contribution in [3.05, 3.63) is 165 Å². The predicted octanol–water partition coefficient (Wildman–Crippen LogP) is 14.3. The van der Waals surface area contributed by atoms with Gasteiger partial charge in [-0.2, -0.15) is 0 Å². The maximum Gasteiger partial charge on any atom is 0.151 e. The standard InChI is InChI=1S/C52H58N4/c1-31(2)45-29-49-48(28-40(45)12)55(43-23-17-35(7)37(9)25-43)52(54(49)42-21-15-34(6)16-22-42)51-53(41-19-13-33(5)14-20-41)47-27-39(11)46(32(3)4)30-50(47)56(51)44-24-18-36(8)38(10)26-44/h13-32,51-52H,1-12H3. The van der Waals surface area contributed by atoms with Crippen molar-refractivity contribution < 1.29 is 0 Å². The van der Waals surface area contributed by atoms with Crippen LogP contribution in [0.25, 0.3) is 0 Å². The topological polar surface area (TPSA) is 13.0 Å². The van der Waals surface area contributed by atoms with E-state index >= 15 is 0 Å². The molecule has 2 atom stereocenters. The van der Waals surface area contributed by atoms with Crippen LogP contribution in [0.1, 0.15) is 95.2 Å². The fraction of sp³-hybridized carbons (Fsp3) is 0.308. The highest BCUT2D eigenvalue weighted by atomic mass is 15.5. The zero-order chi connectivity index (χ0) is 39.7. The number of anilines is 8. The minimum absolute atomic E-state index is 0.185. The Morgan fingerprint density at radius 3 is 0.946 bits per heavy atom. The van der Waals surface area contributed by atoms with Crippen molar-refractivity contribution >= 4 is 45.5 Å². The van der Waals surface area contributed by atoms with Gasteiger partial charge in [0.1, 0.15) is 0 Å². The van der Waals surface area contributed by atoms with Gasteiger partial charge in [-0.3, -0.25) is 0 Å². The fourth-order valence-corrected chi connectivity index (χ4v) is 9.07. The molecule has 2 unspecified atom stereocenters. The Balaban J connectivity index is 1.51. The first-order valence-corrected chi connectivity index (χ1v) is 20.5. The van der Waals surface area contributed by atoms with Gasteiger partial charge in [0, 0.05) is 22.7 Å². The van der Waals surface area contributed by atoms with Crippen LogP contribution in [0.5, 0.6) is 0 Å². The molecule has 0 saturated carbocycles. The van der Waals surface area contributed by atoms with Crippen LogP contribution in [0, 0.1) is 55.4 Å². The summed E-state index contributed by atoms with van der Waals surface area (Å²) in [5, 5.41) is 0. The van der Waals surface area contributed by atoms with Gasteiger partial charge in [-0.25, -0.2) is 0 Å². The molecule has 0 aliphatic carbocycles. The molecule has 56 heavy (non-hydrogen) atoms. The summed E-state index contributed by atoms with van der Waals surface area (Å²) in [6.45, 7) is 27.2. The van der Waals surface area contributed by atoms with Gasteiger partial charge in [-0.05, 0) is 185 Å². The summed E-state index contributed by atoms with van der Waals surface area (Å²) in [7, 11) is 0. The van der Waals surface area contributed by atoms with Crippen LogP contribution in [-0.2, 0) is 0 Å². The average Bonchev–Trinajstić information content (AvgIpc) is 3.65. The first-order valence-electron chi connectivity index (χ1n) is 20.5. The fourth-order valence-electron chi connectivity index (χ4n) is 9.07. The number of hydrogen-bond donors (Lipinski definition) is 0. The number of hydrogen-bond acceptors (Lipinski definition) is 4. The number of rotatable bonds is 7. The smallest absolute Gasteiger partial charge is 0.151 e. The molecule has 0 N–H and O–H groups in total. The Kier molecular flexibility index (Phi) is 9.51. The zero-order valence-electron chi connectivity index (χ0n) is 35.5. The Morgan fingerprint density at radius 2 is 0.625 bits per heavy atom. The first kappa shape index (κ1) is 37.4. The van der Waals surface area contributed by atoms with Crippen molar-refractivity contribution in [1.29, 1.82) is 0 Å². The van der Waals surface area contributed by atoms with Crippen LogP contribution < -0.4 is 19.6 Å². The molecule has 0 spiro atoms. The van der Waals surface area contributed by atoms with Crippen molar-refractivity contribution in [3.63, 3.8) is 0 Å². The van der Waals surface area contributed by atoms with Crippen LogP contribution >= 0.6 is 0 Å². The van der Waals surface area contributed by atoms with Crippen LogP contribution in [0.4, 0.5) is 45.5 Å². The van der Waals surface area contributed by atoms with Gasteiger partial charge in [-0.15, -0.1) is 0 Å². The molecule has 286 valence electrons. The zero-order valence-corrected chi connectivity index (χ0v) is 35.5. The van der Waals surface area contributed by atoms with Crippen molar-refractivity contribution in [1.82, 2.24) is 0 Å². The van der Waals surface area contributed by atoms with Gasteiger partial charge in [0.15, 0.2) is 12.3 Å². The van der Waals surface area contributed by atoms with E-state index in [0.29, 0.717) is 11.8 Å². The molecular formula is C52H58N4. The Hall–Kier alpha value is -5.48. The third-order valence-corrected chi connectivity index (χ3v) is 12.5. The molecule has 6 aromatic carbocycles. The van der Waals surface area contributed by atoms with E-state index in [-0.39, 0.29) is 12.3 Å². The summed E-state index contributed by atoms with van der Waals surface area (Å²) in [5.41, 5.74) is 22.8. The molecule has 2 heterocycles. The SMILES string of the molecule is Cc1ccc(N2c3cc(C)c(C(C)C)cc3N(c3ccc(C)c(C)c3)C2C2N(c3ccc(C)c(C)c3)c3cc(C)c(C(C)C)cc3N2c2ccc(C)cc2)cc1. The Labute approximate surface area is 336 Å². The molecule has 0 saturated heterocycles. The number of nitrogens with zero attached hydrogens (tertiary/aromatic N) is 4. The molecule has 0 fully saturated rings. The lowest BCUT2D eigenvalue weighted by Gasteiger charge is -2.45. The van der Waals surface area contributed by atoms with E-state index in [9.17, 15) is 0 Å². The third kappa shape index (κ3) is 6.24. The highest BCUT2D eigenvalue weighted by molar-refractivity contribution is 5.95. The number of fused-ring (bicyclic) bond motifs is 2. The molecule has 2 aliphatic heterocycles. The molecule has 0 aromatic heterocycles. The third-order valence-electron chi connectivity index (χ3n) is 12.5. The van der Waals surface area contributed by atoms with Crippen LogP contribution in [0.15, 0.2) is 109 Å². The second kappa shape index (κ2) is 14.2. The largest absolute Gasteiger partial charge is 0.314 e. The predicted molar refractivity (Wildman–Crippen MR) is 241 cm³/mol. The van der Waals surface area contributed by atoms with Crippen molar-refractivity contribution in [2.45, 2.75) is 107 Å².